The largest absolute Gasteiger partial charge is 0.394 e. The molecule has 1 aliphatic heterocycles. The van der Waals surface area contributed by atoms with Gasteiger partial charge in [-0.3, -0.25) is 14.3 Å². The summed E-state index contributed by atoms with van der Waals surface area (Å²) in [7, 11) is 1.37. The Morgan fingerprint density at radius 1 is 1.38 bits per heavy atom. The molecule has 3 N–H and O–H groups in total. The van der Waals surface area contributed by atoms with E-state index in [9.17, 15) is 19.8 Å². The van der Waals surface area contributed by atoms with Crippen molar-refractivity contribution in [3.8, 4) is 11.8 Å². The van der Waals surface area contributed by atoms with Crippen LogP contribution in [-0.4, -0.2) is 51.8 Å². The smallest absolute Gasteiger partial charge is 0.330 e. The van der Waals surface area contributed by atoms with Crippen LogP contribution in [0.3, 0.4) is 0 Å². The fourth-order valence-corrected chi connectivity index (χ4v) is 3.21. The first kappa shape index (κ1) is 18.6. The summed E-state index contributed by atoms with van der Waals surface area (Å²) in [4.78, 5) is 26.5. The van der Waals surface area contributed by atoms with E-state index >= 15 is 0 Å². The van der Waals surface area contributed by atoms with Gasteiger partial charge in [0.1, 0.15) is 23.9 Å². The van der Waals surface area contributed by atoms with Crippen LogP contribution in [0.5, 0.6) is 0 Å². The second-order valence-electron chi connectivity index (χ2n) is 6.37. The van der Waals surface area contributed by atoms with Crippen LogP contribution in [0.25, 0.3) is 0 Å². The predicted molar refractivity (Wildman–Crippen MR) is 92.6 cm³/mol. The zero-order valence-electron chi connectivity index (χ0n) is 14.5. The Bertz CT molecular complexity index is 859. The quantitative estimate of drug-likeness (QED) is 0.634. The molecule has 1 saturated heterocycles. The lowest BCUT2D eigenvalue weighted by Crippen LogP contribution is -2.39. The highest BCUT2D eigenvalue weighted by Crippen LogP contribution is 2.30. The van der Waals surface area contributed by atoms with Gasteiger partial charge in [-0.05, 0) is 31.3 Å². The number of aliphatic hydroxyl groups excluding tert-OH is 2. The molecule has 1 aromatic heterocycles. The topological polar surface area (TPSA) is 114 Å². The molecule has 3 rings (SSSR count). The number of nitrogens with zero attached hydrogens (tertiary/aromatic N) is 1. The standard InChI is InChI=1S/C18H22N2O6/c1-25-15-14(22)13(10-21)26-17(15)20-9-12(16(23)19-18(20)24)8-7-11-5-3-2-4-6-11/h5,9,13-15,17,21-22H,2-4,6,10H2,1H3,(H,19,23,24)/t13-,14-,15-,17-/m1/s1. The Balaban J connectivity index is 1.96. The number of rotatable bonds is 3. The van der Waals surface area contributed by atoms with E-state index in [4.69, 9.17) is 9.47 Å². The van der Waals surface area contributed by atoms with E-state index in [2.05, 4.69) is 22.9 Å². The fourth-order valence-electron chi connectivity index (χ4n) is 3.21. The highest BCUT2D eigenvalue weighted by atomic mass is 16.6. The van der Waals surface area contributed by atoms with Gasteiger partial charge in [-0.2, -0.15) is 0 Å². The molecule has 0 unspecified atom stereocenters. The van der Waals surface area contributed by atoms with Crippen LogP contribution in [0, 0.1) is 11.8 Å². The van der Waals surface area contributed by atoms with Crippen molar-refractivity contribution in [3.05, 3.63) is 44.2 Å². The molecular formula is C18H22N2O6. The second kappa shape index (κ2) is 8.01. The minimum absolute atomic E-state index is 0.122. The van der Waals surface area contributed by atoms with E-state index in [1.165, 1.54) is 13.3 Å². The van der Waals surface area contributed by atoms with E-state index in [0.717, 1.165) is 35.8 Å². The second-order valence-corrected chi connectivity index (χ2v) is 6.37. The molecule has 140 valence electrons. The van der Waals surface area contributed by atoms with Gasteiger partial charge in [0, 0.05) is 13.3 Å². The van der Waals surface area contributed by atoms with Gasteiger partial charge in [0.15, 0.2) is 6.23 Å². The van der Waals surface area contributed by atoms with Crippen LogP contribution >= 0.6 is 0 Å². The summed E-state index contributed by atoms with van der Waals surface area (Å²) in [6.45, 7) is -0.420. The molecule has 1 aliphatic carbocycles. The van der Waals surface area contributed by atoms with Crippen LogP contribution in [-0.2, 0) is 9.47 Å². The van der Waals surface area contributed by atoms with Crippen molar-refractivity contribution in [2.24, 2.45) is 0 Å². The summed E-state index contributed by atoms with van der Waals surface area (Å²) in [6, 6.07) is 0. The number of allylic oxidation sites excluding steroid dienone is 2. The molecule has 8 heteroatoms. The average molecular weight is 362 g/mol. The molecular weight excluding hydrogens is 340 g/mol. The van der Waals surface area contributed by atoms with Gasteiger partial charge < -0.3 is 19.7 Å². The minimum Gasteiger partial charge on any atom is -0.394 e. The number of hydrogen-bond acceptors (Lipinski definition) is 6. The zero-order valence-corrected chi connectivity index (χ0v) is 14.5. The molecule has 0 bridgehead atoms. The monoisotopic (exact) mass is 362 g/mol. The molecule has 2 heterocycles. The molecule has 1 aromatic rings. The van der Waals surface area contributed by atoms with Gasteiger partial charge in [-0.1, -0.05) is 17.9 Å². The fraction of sp³-hybridized carbons (Fsp3) is 0.556. The molecule has 4 atom stereocenters. The first-order chi connectivity index (χ1) is 12.5. The summed E-state index contributed by atoms with van der Waals surface area (Å²) in [6.07, 6.45) is 3.61. The van der Waals surface area contributed by atoms with E-state index in [1.807, 2.05) is 0 Å². The van der Waals surface area contributed by atoms with Crippen molar-refractivity contribution in [2.45, 2.75) is 50.2 Å². The summed E-state index contributed by atoms with van der Waals surface area (Å²) in [5.74, 6) is 5.80. The summed E-state index contributed by atoms with van der Waals surface area (Å²) < 4.78 is 11.9. The molecule has 2 aliphatic rings. The predicted octanol–water partition coefficient (Wildman–Crippen LogP) is -0.346. The lowest BCUT2D eigenvalue weighted by Gasteiger charge is -2.20. The normalized spacial score (nSPS) is 28.3. The maximum Gasteiger partial charge on any atom is 0.330 e. The van der Waals surface area contributed by atoms with Gasteiger partial charge in [0.2, 0.25) is 0 Å². The number of nitrogens with one attached hydrogen (secondary N) is 1. The highest BCUT2D eigenvalue weighted by Gasteiger charge is 2.45. The number of aromatic nitrogens is 2. The highest BCUT2D eigenvalue weighted by molar-refractivity contribution is 5.39. The minimum atomic E-state index is -1.10. The molecule has 0 radical (unpaired) electrons. The maximum atomic E-state index is 12.2. The van der Waals surface area contributed by atoms with Gasteiger partial charge in [-0.15, -0.1) is 0 Å². The summed E-state index contributed by atoms with van der Waals surface area (Å²) in [5.41, 5.74) is -0.177. The molecule has 0 spiro atoms. The molecule has 26 heavy (non-hydrogen) atoms. The van der Waals surface area contributed by atoms with Crippen molar-refractivity contribution in [2.75, 3.05) is 13.7 Å². The van der Waals surface area contributed by atoms with Crippen LogP contribution in [0.2, 0.25) is 0 Å². The third-order valence-corrected chi connectivity index (χ3v) is 4.66. The third-order valence-electron chi connectivity index (χ3n) is 4.66. The summed E-state index contributed by atoms with van der Waals surface area (Å²) in [5, 5.41) is 19.4. The first-order valence-corrected chi connectivity index (χ1v) is 8.59. The van der Waals surface area contributed by atoms with Gasteiger partial charge in [0.05, 0.1) is 6.61 Å². The van der Waals surface area contributed by atoms with Crippen LogP contribution in [0.4, 0.5) is 0 Å². The van der Waals surface area contributed by atoms with E-state index in [0.29, 0.717) is 0 Å². The Labute approximate surface area is 150 Å². The number of ether oxygens (including phenoxy) is 2. The Morgan fingerprint density at radius 2 is 2.19 bits per heavy atom. The van der Waals surface area contributed by atoms with E-state index < -0.39 is 42.4 Å². The lowest BCUT2D eigenvalue weighted by molar-refractivity contribution is -0.0625. The molecule has 0 saturated carbocycles. The number of H-pyrrole nitrogens is 1. The molecule has 1 fully saturated rings. The maximum absolute atomic E-state index is 12.2. The van der Waals surface area contributed by atoms with E-state index in [1.54, 1.807) is 0 Å². The Hall–Kier alpha value is -2.18. The van der Waals surface area contributed by atoms with Crippen molar-refractivity contribution < 1.29 is 19.7 Å². The van der Waals surface area contributed by atoms with Crippen LogP contribution < -0.4 is 11.2 Å². The number of methoxy groups -OCH3 is 1. The zero-order chi connectivity index (χ0) is 18.7. The third kappa shape index (κ3) is 3.66. The number of aromatic amines is 1. The average Bonchev–Trinajstić information content (AvgIpc) is 2.97. The van der Waals surface area contributed by atoms with Gasteiger partial charge in [-0.25, -0.2) is 4.79 Å². The molecule has 0 aromatic carbocycles. The number of aliphatic hydroxyl groups is 2. The SMILES string of the molecule is CO[C@@H]1[C@H](O)[C@@H](CO)O[C@H]1n1cc(C#CC2=CCCCC2)c(=O)[nH]c1=O. The lowest BCUT2D eigenvalue weighted by atomic mass is 10.00. The number of hydrogen-bond donors (Lipinski definition) is 3. The van der Waals surface area contributed by atoms with E-state index in [-0.39, 0.29) is 5.56 Å². The molecule has 0 amide bonds. The van der Waals surface area contributed by atoms with Crippen molar-refractivity contribution in [1.82, 2.24) is 9.55 Å². The van der Waals surface area contributed by atoms with Gasteiger partial charge in [0.25, 0.3) is 5.56 Å². The Morgan fingerprint density at radius 3 is 2.85 bits per heavy atom. The van der Waals surface area contributed by atoms with Gasteiger partial charge >= 0.3 is 5.69 Å². The first-order valence-electron chi connectivity index (χ1n) is 8.59. The summed E-state index contributed by atoms with van der Waals surface area (Å²) >= 11 is 0. The van der Waals surface area contributed by atoms with Crippen LogP contribution in [0.15, 0.2) is 27.4 Å². The van der Waals surface area contributed by atoms with Crippen molar-refractivity contribution >= 4 is 0 Å². The molecule has 8 nitrogen and oxygen atoms in total. The van der Waals surface area contributed by atoms with Crippen LogP contribution in [0.1, 0.15) is 37.5 Å². The Kier molecular flexibility index (Phi) is 5.74. The van der Waals surface area contributed by atoms with Crippen molar-refractivity contribution in [3.63, 3.8) is 0 Å². The van der Waals surface area contributed by atoms with Crippen molar-refractivity contribution in [1.29, 1.82) is 0 Å².